The van der Waals surface area contributed by atoms with Crippen molar-refractivity contribution in [2.45, 2.75) is 25.7 Å². The molecule has 3 heterocycles. The van der Waals surface area contributed by atoms with Gasteiger partial charge in [-0.05, 0) is 47.4 Å². The zero-order valence-electron chi connectivity index (χ0n) is 17.4. The van der Waals surface area contributed by atoms with Crippen LogP contribution in [-0.4, -0.2) is 30.1 Å². The fourth-order valence-electron chi connectivity index (χ4n) is 2.98. The van der Waals surface area contributed by atoms with E-state index < -0.39 is 0 Å². The van der Waals surface area contributed by atoms with Crippen molar-refractivity contribution >= 4 is 74.3 Å². The maximum Gasteiger partial charge on any atom is 0.167 e. The number of aromatic nitrogens is 5. The van der Waals surface area contributed by atoms with Crippen molar-refractivity contribution < 1.29 is 0 Å². The Morgan fingerprint density at radius 3 is 2.57 bits per heavy atom. The molecule has 0 saturated carbocycles. The minimum atomic E-state index is 0.446. The van der Waals surface area contributed by atoms with Crippen LogP contribution in [0.25, 0.3) is 22.4 Å². The number of rotatable bonds is 5. The monoisotopic (exact) mass is 572 g/mol. The lowest BCUT2D eigenvalue weighted by Crippen LogP contribution is -1.96. The molecule has 6 nitrogen and oxygen atoms in total. The number of hydrogen-bond donors (Lipinski definition) is 1. The summed E-state index contributed by atoms with van der Waals surface area (Å²) in [5, 5.41) is 3.96. The van der Waals surface area contributed by atoms with E-state index in [9.17, 15) is 0 Å². The third-order valence-electron chi connectivity index (χ3n) is 4.31. The van der Waals surface area contributed by atoms with Gasteiger partial charge in [0, 0.05) is 29.8 Å². The summed E-state index contributed by atoms with van der Waals surface area (Å²) in [5.41, 5.74) is 5.52. The van der Waals surface area contributed by atoms with Gasteiger partial charge in [-0.2, -0.15) is 0 Å². The largest absolute Gasteiger partial charge is 0.353 e. The molecule has 30 heavy (non-hydrogen) atoms. The third kappa shape index (κ3) is 4.77. The van der Waals surface area contributed by atoms with Crippen molar-refractivity contribution in [3.8, 4) is 11.3 Å². The van der Waals surface area contributed by atoms with Gasteiger partial charge in [-0.3, -0.25) is 4.34 Å². The second kappa shape index (κ2) is 10.3. The number of anilines is 2. The van der Waals surface area contributed by atoms with Crippen molar-refractivity contribution in [3.63, 3.8) is 0 Å². The van der Waals surface area contributed by atoms with Crippen LogP contribution in [0.1, 0.15) is 19.7 Å². The van der Waals surface area contributed by atoms with E-state index in [-0.39, 0.29) is 0 Å². The molecule has 10 heteroatoms. The first-order valence-corrected chi connectivity index (χ1v) is 15.0. The van der Waals surface area contributed by atoms with Crippen molar-refractivity contribution in [1.82, 2.24) is 23.9 Å². The molecule has 1 unspecified atom stereocenters. The maximum atomic E-state index is 6.30. The lowest BCUT2D eigenvalue weighted by Gasteiger charge is -2.13. The first-order valence-electron chi connectivity index (χ1n) is 9.36. The van der Waals surface area contributed by atoms with E-state index in [1.165, 1.54) is 0 Å². The summed E-state index contributed by atoms with van der Waals surface area (Å²) >= 11 is 10.3. The van der Waals surface area contributed by atoms with Crippen LogP contribution < -0.4 is 5.32 Å². The Hall–Kier alpha value is -1.35. The molecule has 0 bridgehead atoms. The van der Waals surface area contributed by atoms with Crippen molar-refractivity contribution in [3.05, 3.63) is 47.8 Å². The van der Waals surface area contributed by atoms with Gasteiger partial charge in [0.1, 0.15) is 16.5 Å². The van der Waals surface area contributed by atoms with Crippen LogP contribution in [0, 0.1) is 6.92 Å². The highest BCUT2D eigenvalue weighted by atomic mass is 127. The molecule has 1 N–H and O–H groups in total. The van der Waals surface area contributed by atoms with Gasteiger partial charge in [0.05, 0.1) is 29.8 Å². The number of benzene rings is 1. The molecule has 0 aliphatic rings. The second-order valence-electron chi connectivity index (χ2n) is 6.21. The predicted octanol–water partition coefficient (Wildman–Crippen LogP) is 7.08. The summed E-state index contributed by atoms with van der Waals surface area (Å²) in [5.74, 6) is 0.927. The highest BCUT2D eigenvalue weighted by Crippen LogP contribution is 2.37. The van der Waals surface area contributed by atoms with Crippen LogP contribution in [0.3, 0.4) is 0 Å². The Balaban J connectivity index is 0.00000124. The SMILES string of the molecule is CC.CSc1cc(-c2cn(C)cn2)ccc1Nc1cc(Cl)nc2c1nc(C)n2PI. The van der Waals surface area contributed by atoms with E-state index in [0.29, 0.717) is 11.5 Å². The molecule has 4 rings (SSSR count). The first kappa shape index (κ1) is 23.3. The van der Waals surface area contributed by atoms with Crippen LogP contribution in [-0.2, 0) is 7.05 Å². The van der Waals surface area contributed by atoms with Crippen LogP contribution in [0.5, 0.6) is 0 Å². The number of fused-ring (bicyclic) bond motifs is 1. The normalized spacial score (nSPS) is 11.2. The first-order chi connectivity index (χ1) is 14.5. The van der Waals surface area contributed by atoms with Gasteiger partial charge in [-0.25, -0.2) is 15.0 Å². The number of aryl methyl sites for hydroxylation is 2. The summed E-state index contributed by atoms with van der Waals surface area (Å²) < 4.78 is 4.02. The van der Waals surface area contributed by atoms with Gasteiger partial charge in [0.15, 0.2) is 5.65 Å². The molecule has 4 aromatic rings. The van der Waals surface area contributed by atoms with Gasteiger partial charge in [0.25, 0.3) is 0 Å². The van der Waals surface area contributed by atoms with E-state index in [1.54, 1.807) is 11.8 Å². The third-order valence-corrected chi connectivity index (χ3v) is 7.43. The average Bonchev–Trinajstić information content (AvgIpc) is 3.32. The number of nitrogens with one attached hydrogen (secondary N) is 1. The standard InChI is InChI=1S/C18H17ClIN6PS.C2H6/c1-10-22-17-13(7-16(19)24-18(17)26(10)27-20)23-12-5-4-11(6-15(12)28-3)14-8-25(2)9-21-14;1-2/h4-9,27H,1-3H3,(H,23,24);1-2H3. The molecule has 0 amide bonds. The van der Waals surface area contributed by atoms with Crippen molar-refractivity contribution in [2.24, 2.45) is 7.05 Å². The smallest absolute Gasteiger partial charge is 0.167 e. The van der Waals surface area contributed by atoms with Crippen LogP contribution in [0.15, 0.2) is 41.7 Å². The molecule has 3 aromatic heterocycles. The zero-order chi connectivity index (χ0) is 21.8. The summed E-state index contributed by atoms with van der Waals surface area (Å²) in [6.45, 7) is 5.99. The summed E-state index contributed by atoms with van der Waals surface area (Å²) in [4.78, 5) is 14.8. The van der Waals surface area contributed by atoms with Crippen LogP contribution in [0.2, 0.25) is 5.15 Å². The Bertz CT molecular complexity index is 1180. The summed E-state index contributed by atoms with van der Waals surface area (Å²) in [6.07, 6.45) is 6.40. The molecule has 0 radical (unpaired) electrons. The summed E-state index contributed by atoms with van der Waals surface area (Å²) in [7, 11) is 1.97. The molecule has 0 aliphatic carbocycles. The maximum absolute atomic E-state index is 6.30. The molecule has 0 spiro atoms. The lowest BCUT2D eigenvalue weighted by molar-refractivity contribution is 0.913. The van der Waals surface area contributed by atoms with Crippen molar-refractivity contribution in [1.29, 1.82) is 0 Å². The van der Waals surface area contributed by atoms with Crippen LogP contribution in [0.4, 0.5) is 11.4 Å². The van der Waals surface area contributed by atoms with E-state index in [1.807, 2.05) is 51.0 Å². The fraction of sp³-hybridized carbons (Fsp3) is 0.250. The molecule has 0 aliphatic heterocycles. The number of halogens is 2. The van der Waals surface area contributed by atoms with E-state index in [0.717, 1.165) is 44.5 Å². The molecule has 1 atom stereocenters. The summed E-state index contributed by atoms with van der Waals surface area (Å²) in [6, 6.07) is 8.11. The van der Waals surface area contributed by atoms with Gasteiger partial charge in [-0.1, -0.05) is 31.5 Å². The zero-order valence-corrected chi connectivity index (χ0v) is 22.1. The second-order valence-corrected chi connectivity index (χ2v) is 9.51. The Morgan fingerprint density at radius 2 is 1.93 bits per heavy atom. The van der Waals surface area contributed by atoms with Gasteiger partial charge in [-0.15, -0.1) is 11.8 Å². The predicted molar refractivity (Wildman–Crippen MR) is 140 cm³/mol. The molecule has 1 aromatic carbocycles. The Morgan fingerprint density at radius 1 is 1.17 bits per heavy atom. The molecular formula is C20H23ClIN6PS. The van der Waals surface area contributed by atoms with E-state index >= 15 is 0 Å². The van der Waals surface area contributed by atoms with E-state index in [2.05, 4.69) is 66.1 Å². The minimum Gasteiger partial charge on any atom is -0.353 e. The highest BCUT2D eigenvalue weighted by Gasteiger charge is 2.15. The molecule has 158 valence electrons. The van der Waals surface area contributed by atoms with Crippen molar-refractivity contribution in [2.75, 3.05) is 11.6 Å². The van der Waals surface area contributed by atoms with Gasteiger partial charge in [0.2, 0.25) is 0 Å². The number of nitrogens with zero attached hydrogens (tertiary/aromatic N) is 5. The number of thioether (sulfide) groups is 1. The quantitative estimate of drug-likeness (QED) is 0.120. The topological polar surface area (TPSA) is 60.6 Å². The lowest BCUT2D eigenvalue weighted by atomic mass is 10.1. The molecular weight excluding hydrogens is 550 g/mol. The van der Waals surface area contributed by atoms with Gasteiger partial charge < -0.3 is 9.88 Å². The Labute approximate surface area is 200 Å². The van der Waals surface area contributed by atoms with Crippen LogP contribution >= 0.6 is 51.8 Å². The fourth-order valence-corrected chi connectivity index (χ4v) is 5.90. The Kier molecular flexibility index (Phi) is 8.01. The van der Waals surface area contributed by atoms with Gasteiger partial charge >= 0.3 is 0 Å². The minimum absolute atomic E-state index is 0.446. The number of pyridine rings is 1. The van der Waals surface area contributed by atoms with E-state index in [4.69, 9.17) is 16.6 Å². The number of hydrogen-bond acceptors (Lipinski definition) is 5. The molecule has 0 fully saturated rings. The average molecular weight is 573 g/mol. The molecule has 0 saturated heterocycles. The number of imidazole rings is 2. The highest BCUT2D eigenvalue weighted by molar-refractivity contribution is 14.2.